The Kier molecular flexibility index (Phi) is 6.06. The van der Waals surface area contributed by atoms with E-state index in [4.69, 9.17) is 4.74 Å². The van der Waals surface area contributed by atoms with E-state index >= 15 is 0 Å². The summed E-state index contributed by atoms with van der Waals surface area (Å²) < 4.78 is 4.88. The van der Waals surface area contributed by atoms with Crippen LogP contribution < -0.4 is 5.32 Å². The zero-order valence-corrected chi connectivity index (χ0v) is 17.7. The van der Waals surface area contributed by atoms with E-state index in [0.717, 1.165) is 21.9 Å². The van der Waals surface area contributed by atoms with Gasteiger partial charge in [-0.15, -0.1) is 11.8 Å². The van der Waals surface area contributed by atoms with Crippen molar-refractivity contribution in [3.8, 4) is 6.07 Å². The molecule has 31 heavy (non-hydrogen) atoms. The van der Waals surface area contributed by atoms with E-state index < -0.39 is 23.7 Å². The molecule has 0 spiro atoms. The molecule has 1 aliphatic heterocycles. The molecule has 0 unspecified atom stereocenters. The number of esters is 1. The van der Waals surface area contributed by atoms with Crippen molar-refractivity contribution in [1.82, 2.24) is 5.32 Å². The van der Waals surface area contributed by atoms with E-state index in [1.54, 1.807) is 0 Å². The van der Waals surface area contributed by atoms with Crippen molar-refractivity contribution in [1.29, 1.82) is 5.26 Å². The number of ether oxygens (including phenoxy) is 1. The summed E-state index contributed by atoms with van der Waals surface area (Å²) in [4.78, 5) is 25.3. The van der Waals surface area contributed by atoms with Crippen LogP contribution in [0.5, 0.6) is 0 Å². The maximum atomic E-state index is 12.9. The van der Waals surface area contributed by atoms with Gasteiger partial charge in [0.25, 0.3) is 0 Å². The van der Waals surface area contributed by atoms with Crippen LogP contribution in [0.25, 0.3) is 10.8 Å². The molecule has 0 fully saturated rings. The molecule has 1 heterocycles. The fourth-order valence-electron chi connectivity index (χ4n) is 3.91. The van der Waals surface area contributed by atoms with E-state index in [2.05, 4.69) is 29.6 Å². The predicted molar refractivity (Wildman–Crippen MR) is 121 cm³/mol. The molecule has 0 saturated carbocycles. The van der Waals surface area contributed by atoms with Crippen molar-refractivity contribution in [3.63, 3.8) is 0 Å². The van der Waals surface area contributed by atoms with Crippen LogP contribution in [0.4, 0.5) is 0 Å². The van der Waals surface area contributed by atoms with Crippen molar-refractivity contribution >= 4 is 34.4 Å². The third kappa shape index (κ3) is 4.05. The maximum Gasteiger partial charge on any atom is 0.319 e. The summed E-state index contributed by atoms with van der Waals surface area (Å²) in [5.74, 6) is -2.34. The first-order chi connectivity index (χ1) is 15.1. The largest absolute Gasteiger partial charge is 0.468 e. The number of carbonyl (C=O) groups excluding carboxylic acids is 2. The van der Waals surface area contributed by atoms with Crippen LogP contribution in [0.2, 0.25) is 0 Å². The molecule has 0 radical (unpaired) electrons. The molecule has 6 heteroatoms. The van der Waals surface area contributed by atoms with Gasteiger partial charge in [-0.3, -0.25) is 9.59 Å². The standard InChI is InChI=1S/C25H20N2O3S/c1-30-25(29)22-21(17-9-3-2-4-10-17)20(14-26)24(27-23(22)28)31-15-18-12-7-11-16-8-5-6-13-19(16)18/h2-13,21-22H,15H2,1H3,(H,27,28)/t21-,22+/m0/s1. The van der Waals surface area contributed by atoms with Crippen LogP contribution in [0.1, 0.15) is 17.0 Å². The Balaban J connectivity index is 1.73. The van der Waals surface area contributed by atoms with Gasteiger partial charge in [0.05, 0.1) is 23.8 Å². The van der Waals surface area contributed by atoms with E-state index in [1.165, 1.54) is 18.9 Å². The molecule has 3 aromatic rings. The summed E-state index contributed by atoms with van der Waals surface area (Å²) in [6.45, 7) is 0. The number of allylic oxidation sites excluding steroid dienone is 1. The molecule has 0 bridgehead atoms. The van der Waals surface area contributed by atoms with Crippen molar-refractivity contribution in [2.75, 3.05) is 7.11 Å². The van der Waals surface area contributed by atoms with Gasteiger partial charge in [-0.25, -0.2) is 0 Å². The third-order valence-electron chi connectivity index (χ3n) is 5.39. The summed E-state index contributed by atoms with van der Waals surface area (Å²) in [5, 5.41) is 15.5. The smallest absolute Gasteiger partial charge is 0.319 e. The minimum atomic E-state index is -1.11. The summed E-state index contributed by atoms with van der Waals surface area (Å²) >= 11 is 1.39. The number of hydrogen-bond donors (Lipinski definition) is 1. The fourth-order valence-corrected chi connectivity index (χ4v) is 4.96. The minimum absolute atomic E-state index is 0.367. The van der Waals surface area contributed by atoms with Gasteiger partial charge in [0.2, 0.25) is 5.91 Å². The Labute approximate surface area is 184 Å². The molecule has 4 rings (SSSR count). The van der Waals surface area contributed by atoms with Crippen molar-refractivity contribution in [2.24, 2.45) is 5.92 Å². The molecular weight excluding hydrogens is 408 g/mol. The molecule has 1 N–H and O–H groups in total. The Morgan fingerprint density at radius 1 is 1.06 bits per heavy atom. The maximum absolute atomic E-state index is 12.9. The van der Waals surface area contributed by atoms with Crippen molar-refractivity contribution < 1.29 is 14.3 Å². The van der Waals surface area contributed by atoms with Crippen LogP contribution in [0.15, 0.2) is 83.4 Å². The van der Waals surface area contributed by atoms with Crippen LogP contribution >= 0.6 is 11.8 Å². The van der Waals surface area contributed by atoms with Crippen molar-refractivity contribution in [2.45, 2.75) is 11.7 Å². The second kappa shape index (κ2) is 9.07. The zero-order chi connectivity index (χ0) is 21.8. The summed E-state index contributed by atoms with van der Waals surface area (Å²) in [6.07, 6.45) is 0. The Morgan fingerprint density at radius 2 is 1.77 bits per heavy atom. The lowest BCUT2D eigenvalue weighted by molar-refractivity contribution is -0.150. The van der Waals surface area contributed by atoms with Crippen LogP contribution in [0.3, 0.4) is 0 Å². The molecule has 5 nitrogen and oxygen atoms in total. The third-order valence-corrected chi connectivity index (χ3v) is 6.46. The highest BCUT2D eigenvalue weighted by molar-refractivity contribution is 8.02. The molecule has 1 amide bonds. The number of amides is 1. The topological polar surface area (TPSA) is 79.2 Å². The van der Waals surface area contributed by atoms with Crippen LogP contribution in [-0.4, -0.2) is 19.0 Å². The Morgan fingerprint density at radius 3 is 2.52 bits per heavy atom. The normalized spacial score (nSPS) is 18.4. The van der Waals surface area contributed by atoms with Crippen LogP contribution in [-0.2, 0) is 20.1 Å². The average molecular weight is 429 g/mol. The van der Waals surface area contributed by atoms with Gasteiger partial charge in [-0.1, -0.05) is 72.8 Å². The number of methoxy groups -OCH3 is 1. The van der Waals surface area contributed by atoms with E-state index in [1.807, 2.05) is 54.6 Å². The molecule has 0 aliphatic carbocycles. The Hall–Kier alpha value is -3.56. The van der Waals surface area contributed by atoms with Gasteiger partial charge >= 0.3 is 5.97 Å². The highest BCUT2D eigenvalue weighted by Gasteiger charge is 2.44. The average Bonchev–Trinajstić information content (AvgIpc) is 2.82. The van der Waals surface area contributed by atoms with E-state index in [9.17, 15) is 14.9 Å². The van der Waals surface area contributed by atoms with Gasteiger partial charge in [0.15, 0.2) is 0 Å². The number of rotatable bonds is 5. The molecule has 1 aliphatic rings. The monoisotopic (exact) mass is 428 g/mol. The first kappa shape index (κ1) is 20.7. The summed E-state index contributed by atoms with van der Waals surface area (Å²) in [5.41, 5.74) is 2.20. The van der Waals surface area contributed by atoms with Gasteiger partial charge in [0, 0.05) is 11.7 Å². The summed E-state index contributed by atoms with van der Waals surface area (Å²) in [7, 11) is 1.25. The van der Waals surface area contributed by atoms with Crippen LogP contribution in [0, 0.1) is 17.2 Å². The fraction of sp³-hybridized carbons (Fsp3) is 0.160. The highest BCUT2D eigenvalue weighted by atomic mass is 32.2. The van der Waals surface area contributed by atoms with Gasteiger partial charge in [0.1, 0.15) is 5.92 Å². The number of nitriles is 1. The number of nitrogens with zero attached hydrogens (tertiary/aromatic N) is 1. The number of hydrogen-bond acceptors (Lipinski definition) is 5. The number of thioether (sulfide) groups is 1. The van der Waals surface area contributed by atoms with Gasteiger partial charge in [-0.05, 0) is 21.9 Å². The quantitative estimate of drug-likeness (QED) is 0.478. The van der Waals surface area contributed by atoms with E-state index in [0.29, 0.717) is 16.4 Å². The second-order valence-electron chi connectivity index (χ2n) is 7.16. The number of benzene rings is 3. The van der Waals surface area contributed by atoms with Crippen molar-refractivity contribution in [3.05, 3.63) is 94.5 Å². The SMILES string of the molecule is COC(=O)[C@H]1C(=O)NC(SCc2cccc3ccccc23)=C(C#N)[C@@H]1c1ccccc1. The molecule has 0 aromatic heterocycles. The highest BCUT2D eigenvalue weighted by Crippen LogP contribution is 2.41. The first-order valence-corrected chi connectivity index (χ1v) is 10.8. The second-order valence-corrected chi connectivity index (χ2v) is 8.15. The molecule has 154 valence electrons. The predicted octanol–water partition coefficient (Wildman–Crippen LogP) is 4.51. The lowest BCUT2D eigenvalue weighted by atomic mass is 9.78. The lowest BCUT2D eigenvalue weighted by Gasteiger charge is -2.31. The molecule has 0 saturated heterocycles. The molecule has 3 aromatic carbocycles. The minimum Gasteiger partial charge on any atom is -0.468 e. The molecular formula is C25H20N2O3S. The first-order valence-electron chi connectivity index (χ1n) is 9.81. The summed E-state index contributed by atoms with van der Waals surface area (Å²) in [6, 6.07) is 25.6. The lowest BCUT2D eigenvalue weighted by Crippen LogP contribution is -2.44. The number of nitrogens with one attached hydrogen (secondary N) is 1. The van der Waals surface area contributed by atoms with E-state index in [-0.39, 0.29) is 0 Å². The Bertz CT molecular complexity index is 1210. The van der Waals surface area contributed by atoms with Gasteiger partial charge < -0.3 is 10.1 Å². The number of fused-ring (bicyclic) bond motifs is 1. The van der Waals surface area contributed by atoms with Gasteiger partial charge in [-0.2, -0.15) is 5.26 Å². The zero-order valence-electron chi connectivity index (χ0n) is 16.9. The number of carbonyl (C=O) groups is 2. The molecule has 2 atom stereocenters.